The minimum Gasteiger partial charge on any atom is -0.476 e. The highest BCUT2D eigenvalue weighted by atomic mass is 19.1. The molecule has 0 amide bonds. The fourth-order valence-corrected chi connectivity index (χ4v) is 0.191. The van der Waals surface area contributed by atoms with Gasteiger partial charge >= 0.3 is 5.97 Å². The summed E-state index contributed by atoms with van der Waals surface area (Å²) in [6.45, 7) is -0.0852. The van der Waals surface area contributed by atoms with Crippen molar-refractivity contribution >= 4 is 5.97 Å². The monoisotopic (exact) mass is 119 g/mol. The summed E-state index contributed by atoms with van der Waals surface area (Å²) in [5.41, 5.74) is 4.79. The lowest BCUT2D eigenvalue weighted by Gasteiger charge is -1.82. The Hall–Kier alpha value is -0.900. The van der Waals surface area contributed by atoms with Crippen LogP contribution in [0.4, 0.5) is 4.39 Å². The molecule has 0 spiro atoms. The first kappa shape index (κ1) is 7.10. The summed E-state index contributed by atoms with van der Waals surface area (Å²) in [6.07, 6.45) is 0.794. The van der Waals surface area contributed by atoms with Gasteiger partial charge in [0.15, 0.2) is 0 Å². The average Bonchev–Trinajstić information content (AvgIpc) is 1.67. The van der Waals surface area contributed by atoms with E-state index in [1.165, 1.54) is 0 Å². The summed E-state index contributed by atoms with van der Waals surface area (Å²) in [7, 11) is 0. The van der Waals surface area contributed by atoms with Crippen LogP contribution < -0.4 is 5.73 Å². The maximum absolute atomic E-state index is 11.7. The van der Waals surface area contributed by atoms with Crippen molar-refractivity contribution in [3.63, 3.8) is 0 Å². The molecule has 46 valence electrons. The minimum absolute atomic E-state index is 0.0852. The molecule has 0 unspecified atom stereocenters. The molecule has 0 aliphatic heterocycles. The molecular formula is C4H6FNO2. The zero-order valence-electron chi connectivity index (χ0n) is 4.10. The number of aliphatic carboxylic acids is 1. The van der Waals surface area contributed by atoms with Gasteiger partial charge in [0.1, 0.15) is 0 Å². The van der Waals surface area contributed by atoms with Crippen molar-refractivity contribution in [1.29, 1.82) is 0 Å². The van der Waals surface area contributed by atoms with E-state index in [1.54, 1.807) is 0 Å². The van der Waals surface area contributed by atoms with Crippen LogP contribution in [0.15, 0.2) is 11.9 Å². The van der Waals surface area contributed by atoms with Gasteiger partial charge in [-0.25, -0.2) is 4.79 Å². The lowest BCUT2D eigenvalue weighted by atomic mass is 10.5. The highest BCUT2D eigenvalue weighted by Gasteiger charge is 2.01. The smallest absolute Gasteiger partial charge is 0.364 e. The summed E-state index contributed by atoms with van der Waals surface area (Å²) >= 11 is 0. The SMILES string of the molecule is NC/C=C(/F)C(=O)O. The Bertz CT molecular complexity index is 121. The van der Waals surface area contributed by atoms with Crippen molar-refractivity contribution in [3.05, 3.63) is 11.9 Å². The van der Waals surface area contributed by atoms with Crippen LogP contribution in [0.5, 0.6) is 0 Å². The maximum atomic E-state index is 11.7. The van der Waals surface area contributed by atoms with E-state index >= 15 is 0 Å². The lowest BCUT2D eigenvalue weighted by molar-refractivity contribution is -0.134. The van der Waals surface area contributed by atoms with Gasteiger partial charge < -0.3 is 10.8 Å². The Morgan fingerprint density at radius 2 is 2.38 bits per heavy atom. The Morgan fingerprint density at radius 1 is 1.88 bits per heavy atom. The van der Waals surface area contributed by atoms with Crippen LogP contribution in [0.1, 0.15) is 0 Å². The lowest BCUT2D eigenvalue weighted by Crippen LogP contribution is -2.00. The van der Waals surface area contributed by atoms with Gasteiger partial charge in [0.2, 0.25) is 5.83 Å². The van der Waals surface area contributed by atoms with E-state index in [9.17, 15) is 9.18 Å². The normalized spacial score (nSPS) is 11.5. The van der Waals surface area contributed by atoms with Gasteiger partial charge in [0, 0.05) is 6.54 Å². The summed E-state index contributed by atoms with van der Waals surface area (Å²) < 4.78 is 11.7. The fourth-order valence-electron chi connectivity index (χ4n) is 0.191. The fraction of sp³-hybridized carbons (Fsp3) is 0.250. The van der Waals surface area contributed by atoms with Crippen LogP contribution in [0.2, 0.25) is 0 Å². The first-order valence-corrected chi connectivity index (χ1v) is 1.97. The molecule has 0 bridgehead atoms. The number of hydrogen-bond donors (Lipinski definition) is 2. The number of carbonyl (C=O) groups is 1. The largest absolute Gasteiger partial charge is 0.476 e. The molecule has 0 aliphatic carbocycles. The first-order chi connectivity index (χ1) is 3.68. The molecule has 8 heavy (non-hydrogen) atoms. The molecule has 0 aliphatic rings. The predicted octanol–water partition coefficient (Wildman–Crippen LogP) is -0.117. The van der Waals surface area contributed by atoms with Gasteiger partial charge in [-0.1, -0.05) is 0 Å². The molecule has 0 rings (SSSR count). The second-order valence-corrected chi connectivity index (χ2v) is 1.09. The predicted molar refractivity (Wildman–Crippen MR) is 25.9 cm³/mol. The maximum Gasteiger partial charge on any atom is 0.364 e. The van der Waals surface area contributed by atoms with E-state index in [4.69, 9.17) is 10.8 Å². The summed E-state index contributed by atoms with van der Waals surface area (Å²) in [6, 6.07) is 0. The molecule has 3 N–H and O–H groups in total. The Kier molecular flexibility index (Phi) is 2.79. The third-order valence-corrected chi connectivity index (χ3v) is 0.501. The highest BCUT2D eigenvalue weighted by molar-refractivity contribution is 5.83. The number of carboxylic acids is 1. The van der Waals surface area contributed by atoms with Crippen LogP contribution in [0.3, 0.4) is 0 Å². The van der Waals surface area contributed by atoms with E-state index in [1.807, 2.05) is 0 Å². The van der Waals surface area contributed by atoms with E-state index < -0.39 is 11.8 Å². The van der Waals surface area contributed by atoms with Gasteiger partial charge in [-0.2, -0.15) is 4.39 Å². The molecule has 0 heterocycles. The molecule has 0 saturated carbocycles. The Labute approximate surface area is 45.6 Å². The standard InChI is InChI=1S/C4H6FNO2/c5-3(1-2-6)4(7)8/h1H,2,6H2,(H,7,8)/b3-1+. The highest BCUT2D eigenvalue weighted by Crippen LogP contribution is 1.92. The molecule has 0 radical (unpaired) electrons. The van der Waals surface area contributed by atoms with E-state index in [-0.39, 0.29) is 6.54 Å². The van der Waals surface area contributed by atoms with Crippen molar-refractivity contribution in [1.82, 2.24) is 0 Å². The summed E-state index contributed by atoms with van der Waals surface area (Å²) in [4.78, 5) is 9.59. The molecule has 0 fully saturated rings. The van der Waals surface area contributed by atoms with E-state index in [0.29, 0.717) is 0 Å². The molecular weight excluding hydrogens is 113 g/mol. The molecule has 4 heteroatoms. The molecule has 0 aromatic heterocycles. The van der Waals surface area contributed by atoms with Gasteiger partial charge in [-0.15, -0.1) is 0 Å². The number of halogens is 1. The Morgan fingerprint density at radius 3 is 2.50 bits per heavy atom. The zero-order chi connectivity index (χ0) is 6.57. The first-order valence-electron chi connectivity index (χ1n) is 1.97. The zero-order valence-corrected chi connectivity index (χ0v) is 4.10. The van der Waals surface area contributed by atoms with Crippen LogP contribution in [0.25, 0.3) is 0 Å². The topological polar surface area (TPSA) is 63.3 Å². The van der Waals surface area contributed by atoms with E-state index in [2.05, 4.69) is 0 Å². The van der Waals surface area contributed by atoms with Crippen molar-refractivity contribution in [2.75, 3.05) is 6.54 Å². The molecule has 0 aromatic carbocycles. The third-order valence-electron chi connectivity index (χ3n) is 0.501. The quantitative estimate of drug-likeness (QED) is 0.498. The van der Waals surface area contributed by atoms with Crippen molar-refractivity contribution < 1.29 is 14.3 Å². The van der Waals surface area contributed by atoms with E-state index in [0.717, 1.165) is 6.08 Å². The average molecular weight is 119 g/mol. The van der Waals surface area contributed by atoms with Crippen LogP contribution in [0, 0.1) is 0 Å². The van der Waals surface area contributed by atoms with Gasteiger partial charge in [-0.3, -0.25) is 0 Å². The second-order valence-electron chi connectivity index (χ2n) is 1.09. The van der Waals surface area contributed by atoms with Gasteiger partial charge in [0.25, 0.3) is 0 Å². The van der Waals surface area contributed by atoms with Crippen molar-refractivity contribution in [3.8, 4) is 0 Å². The molecule has 0 atom stereocenters. The van der Waals surface area contributed by atoms with Crippen molar-refractivity contribution in [2.45, 2.75) is 0 Å². The minimum atomic E-state index is -1.57. The van der Waals surface area contributed by atoms with Gasteiger partial charge in [-0.05, 0) is 6.08 Å². The number of rotatable bonds is 2. The van der Waals surface area contributed by atoms with Crippen LogP contribution >= 0.6 is 0 Å². The van der Waals surface area contributed by atoms with Gasteiger partial charge in [0.05, 0.1) is 0 Å². The molecule has 0 saturated heterocycles. The van der Waals surface area contributed by atoms with Crippen molar-refractivity contribution in [2.24, 2.45) is 5.73 Å². The number of carboxylic acid groups (broad SMARTS) is 1. The number of hydrogen-bond acceptors (Lipinski definition) is 2. The summed E-state index contributed by atoms with van der Waals surface area (Å²) in [5.74, 6) is -2.78. The molecule has 3 nitrogen and oxygen atoms in total. The third kappa shape index (κ3) is 2.30. The number of nitrogens with two attached hydrogens (primary N) is 1. The second kappa shape index (κ2) is 3.15. The van der Waals surface area contributed by atoms with Crippen LogP contribution in [-0.4, -0.2) is 17.6 Å². The molecule has 0 aromatic rings. The summed E-state index contributed by atoms with van der Waals surface area (Å²) in [5, 5.41) is 7.81. The Balaban J connectivity index is 3.80. The van der Waals surface area contributed by atoms with Crippen LogP contribution in [-0.2, 0) is 4.79 Å².